The third-order valence-electron chi connectivity index (χ3n) is 4.09. The van der Waals surface area contributed by atoms with Crippen molar-refractivity contribution in [2.45, 2.75) is 6.61 Å². The van der Waals surface area contributed by atoms with Crippen molar-refractivity contribution in [3.05, 3.63) is 68.7 Å². The third kappa shape index (κ3) is 4.91. The van der Waals surface area contributed by atoms with Crippen LogP contribution < -0.4 is 10.1 Å². The number of imide groups is 1. The highest BCUT2D eigenvalue weighted by Gasteiger charge is 2.35. The summed E-state index contributed by atoms with van der Waals surface area (Å²) in [4.78, 5) is 36.3. The zero-order chi connectivity index (χ0) is 21.0. The van der Waals surface area contributed by atoms with Crippen molar-refractivity contribution in [2.24, 2.45) is 0 Å². The first-order chi connectivity index (χ1) is 13.9. The molecule has 0 saturated carbocycles. The van der Waals surface area contributed by atoms with Crippen molar-refractivity contribution >= 4 is 46.6 Å². The second kappa shape index (κ2) is 9.03. The number of methoxy groups -OCH3 is 1. The van der Waals surface area contributed by atoms with Gasteiger partial charge < -0.3 is 14.8 Å². The molecule has 1 aliphatic heterocycles. The van der Waals surface area contributed by atoms with Gasteiger partial charge in [-0.2, -0.15) is 0 Å². The van der Waals surface area contributed by atoms with Crippen LogP contribution >= 0.6 is 22.6 Å². The normalized spacial score (nSPS) is 14.9. The van der Waals surface area contributed by atoms with E-state index in [4.69, 9.17) is 4.74 Å². The SMILES string of the molecule is COC(=O)CN1C(=O)N/C(=C/c2ccc(OCc3ccccc3F)c(I)c2)C1=O. The Balaban J connectivity index is 1.71. The number of nitrogens with one attached hydrogen (secondary N) is 1. The van der Waals surface area contributed by atoms with Crippen molar-refractivity contribution in [3.8, 4) is 5.75 Å². The molecule has 0 bridgehead atoms. The Morgan fingerprint density at radius 1 is 1.24 bits per heavy atom. The van der Waals surface area contributed by atoms with Gasteiger partial charge in [0, 0.05) is 5.56 Å². The van der Waals surface area contributed by atoms with Gasteiger partial charge in [0.2, 0.25) is 0 Å². The number of nitrogens with zero attached hydrogens (tertiary/aromatic N) is 1. The van der Waals surface area contributed by atoms with Crippen LogP contribution in [0.15, 0.2) is 48.2 Å². The van der Waals surface area contributed by atoms with E-state index in [1.165, 1.54) is 19.3 Å². The Labute approximate surface area is 179 Å². The van der Waals surface area contributed by atoms with Gasteiger partial charge >= 0.3 is 12.0 Å². The molecule has 0 atom stereocenters. The molecule has 150 valence electrons. The average molecular weight is 510 g/mol. The number of urea groups is 1. The highest BCUT2D eigenvalue weighted by atomic mass is 127. The number of amides is 3. The number of hydrogen-bond acceptors (Lipinski definition) is 5. The Bertz CT molecular complexity index is 1010. The van der Waals surface area contributed by atoms with Crippen molar-refractivity contribution in [1.82, 2.24) is 10.2 Å². The number of carbonyl (C=O) groups is 3. The van der Waals surface area contributed by atoms with Crippen molar-refractivity contribution in [3.63, 3.8) is 0 Å². The van der Waals surface area contributed by atoms with E-state index in [2.05, 4.69) is 32.6 Å². The molecular formula is C20H16FIN2O5. The van der Waals surface area contributed by atoms with Crippen molar-refractivity contribution in [1.29, 1.82) is 0 Å². The number of hydrogen-bond donors (Lipinski definition) is 1. The molecule has 2 aromatic rings. The van der Waals surface area contributed by atoms with Crippen LogP contribution in [-0.2, 0) is 20.9 Å². The number of carbonyl (C=O) groups excluding carboxylic acids is 3. The minimum atomic E-state index is -0.694. The summed E-state index contributed by atoms with van der Waals surface area (Å²) >= 11 is 2.07. The maximum absolute atomic E-state index is 13.7. The molecular weight excluding hydrogens is 494 g/mol. The fourth-order valence-corrected chi connectivity index (χ4v) is 3.27. The number of rotatable bonds is 6. The Hall–Kier alpha value is -2.95. The number of halogens is 2. The predicted octanol–water partition coefficient (Wildman–Crippen LogP) is 3.08. The van der Waals surface area contributed by atoms with Crippen LogP contribution in [0, 0.1) is 9.39 Å². The Morgan fingerprint density at radius 3 is 2.69 bits per heavy atom. The molecule has 1 aliphatic rings. The van der Waals surface area contributed by atoms with Crippen LogP contribution in [0.4, 0.5) is 9.18 Å². The van der Waals surface area contributed by atoms with E-state index in [1.807, 2.05) is 0 Å². The zero-order valence-corrected chi connectivity index (χ0v) is 17.4. The summed E-state index contributed by atoms with van der Waals surface area (Å²) in [7, 11) is 1.18. The molecule has 3 rings (SSSR count). The molecule has 0 aliphatic carbocycles. The second-order valence-electron chi connectivity index (χ2n) is 6.03. The van der Waals surface area contributed by atoms with Crippen LogP contribution in [0.5, 0.6) is 5.75 Å². The molecule has 29 heavy (non-hydrogen) atoms. The molecule has 1 N–H and O–H groups in total. The molecule has 0 spiro atoms. The summed E-state index contributed by atoms with van der Waals surface area (Å²) < 4.78 is 24.6. The predicted molar refractivity (Wildman–Crippen MR) is 110 cm³/mol. The molecule has 3 amide bonds. The highest BCUT2D eigenvalue weighted by Crippen LogP contribution is 2.25. The molecule has 0 aromatic heterocycles. The lowest BCUT2D eigenvalue weighted by atomic mass is 10.2. The second-order valence-corrected chi connectivity index (χ2v) is 7.19. The first-order valence-electron chi connectivity index (χ1n) is 8.46. The largest absolute Gasteiger partial charge is 0.488 e. The summed E-state index contributed by atoms with van der Waals surface area (Å²) in [5.41, 5.74) is 1.14. The molecule has 0 radical (unpaired) electrons. The quantitative estimate of drug-likeness (QED) is 0.280. The van der Waals surface area contributed by atoms with Crippen LogP contribution in [0.25, 0.3) is 6.08 Å². The summed E-state index contributed by atoms with van der Waals surface area (Å²) in [6.07, 6.45) is 1.50. The molecule has 7 nitrogen and oxygen atoms in total. The minimum absolute atomic E-state index is 0.0507. The molecule has 2 aromatic carbocycles. The lowest BCUT2D eigenvalue weighted by Crippen LogP contribution is -2.36. The summed E-state index contributed by atoms with van der Waals surface area (Å²) in [5.74, 6) is -1.09. The number of benzene rings is 2. The standard InChI is InChI=1S/C20H16FIN2O5/c1-28-18(25)10-24-19(26)16(23-20(24)27)9-12-6-7-17(15(22)8-12)29-11-13-4-2-3-5-14(13)21/h2-9H,10-11H2,1H3,(H,23,27)/b16-9+. The lowest BCUT2D eigenvalue weighted by molar-refractivity contribution is -0.143. The van der Waals surface area contributed by atoms with Gasteiger partial charge in [-0.25, -0.2) is 14.1 Å². The lowest BCUT2D eigenvalue weighted by Gasteiger charge is -2.10. The molecule has 1 saturated heterocycles. The molecule has 1 heterocycles. The van der Waals surface area contributed by atoms with E-state index in [0.717, 1.165) is 8.47 Å². The molecule has 0 unspecified atom stereocenters. The third-order valence-corrected chi connectivity index (χ3v) is 4.93. The van der Waals surface area contributed by atoms with E-state index in [0.29, 0.717) is 16.9 Å². The number of ether oxygens (including phenoxy) is 2. The van der Waals surface area contributed by atoms with Crippen molar-refractivity contribution in [2.75, 3.05) is 13.7 Å². The van der Waals surface area contributed by atoms with Gasteiger partial charge in [0.1, 0.15) is 30.4 Å². The molecule has 9 heteroatoms. The van der Waals surface area contributed by atoms with Gasteiger partial charge in [0.05, 0.1) is 10.7 Å². The summed E-state index contributed by atoms with van der Waals surface area (Å²) in [5, 5.41) is 2.43. The van der Waals surface area contributed by atoms with E-state index in [-0.39, 0.29) is 18.1 Å². The van der Waals surface area contributed by atoms with E-state index in [9.17, 15) is 18.8 Å². The van der Waals surface area contributed by atoms with Gasteiger partial charge in [-0.3, -0.25) is 9.59 Å². The minimum Gasteiger partial charge on any atom is -0.488 e. The van der Waals surface area contributed by atoms with E-state index in [1.54, 1.807) is 36.4 Å². The maximum atomic E-state index is 13.7. The van der Waals surface area contributed by atoms with E-state index < -0.39 is 24.5 Å². The van der Waals surface area contributed by atoms with Gasteiger partial charge in [-0.05, 0) is 52.4 Å². The highest BCUT2D eigenvalue weighted by molar-refractivity contribution is 14.1. The van der Waals surface area contributed by atoms with Gasteiger partial charge in [-0.1, -0.05) is 24.3 Å². The van der Waals surface area contributed by atoms with Crippen molar-refractivity contribution < 1.29 is 28.2 Å². The maximum Gasteiger partial charge on any atom is 0.329 e. The number of esters is 1. The van der Waals surface area contributed by atoms with E-state index >= 15 is 0 Å². The summed E-state index contributed by atoms with van der Waals surface area (Å²) in [6, 6.07) is 10.8. The Morgan fingerprint density at radius 2 is 2.00 bits per heavy atom. The topological polar surface area (TPSA) is 84.9 Å². The van der Waals surface area contributed by atoms with Crippen LogP contribution in [0.2, 0.25) is 0 Å². The first-order valence-corrected chi connectivity index (χ1v) is 9.54. The van der Waals surface area contributed by atoms with Crippen LogP contribution in [0.3, 0.4) is 0 Å². The van der Waals surface area contributed by atoms with Crippen LogP contribution in [-0.4, -0.2) is 36.5 Å². The van der Waals surface area contributed by atoms with Gasteiger partial charge in [0.15, 0.2) is 0 Å². The zero-order valence-electron chi connectivity index (χ0n) is 15.3. The average Bonchev–Trinajstić information content (AvgIpc) is 2.95. The Kier molecular flexibility index (Phi) is 6.47. The molecule has 1 fully saturated rings. The summed E-state index contributed by atoms with van der Waals surface area (Å²) in [6.45, 7) is -0.376. The van der Waals surface area contributed by atoms with Gasteiger partial charge in [0.25, 0.3) is 5.91 Å². The smallest absolute Gasteiger partial charge is 0.329 e. The first kappa shape index (κ1) is 20.8. The monoisotopic (exact) mass is 510 g/mol. The van der Waals surface area contributed by atoms with Crippen LogP contribution in [0.1, 0.15) is 11.1 Å². The fourth-order valence-electron chi connectivity index (χ4n) is 2.57. The fraction of sp³-hybridized carbons (Fsp3) is 0.150. The van der Waals surface area contributed by atoms with Gasteiger partial charge in [-0.15, -0.1) is 0 Å².